The average molecular weight is 247 g/mol. The van der Waals surface area contributed by atoms with Gasteiger partial charge in [-0.05, 0) is 43.6 Å². The SMILES string of the molecule is CC1(C2C=CC=CC2)CCN(C2CCOCC2)C1. The van der Waals surface area contributed by atoms with Crippen LogP contribution in [-0.2, 0) is 4.74 Å². The minimum Gasteiger partial charge on any atom is -0.381 e. The van der Waals surface area contributed by atoms with Crippen LogP contribution in [0.2, 0.25) is 0 Å². The quantitative estimate of drug-likeness (QED) is 0.744. The van der Waals surface area contributed by atoms with Crippen LogP contribution in [0.15, 0.2) is 24.3 Å². The Morgan fingerprint density at radius 2 is 2.06 bits per heavy atom. The summed E-state index contributed by atoms with van der Waals surface area (Å²) in [5, 5.41) is 0. The first-order valence-electron chi connectivity index (χ1n) is 7.43. The molecule has 2 atom stereocenters. The van der Waals surface area contributed by atoms with Crippen LogP contribution in [0.5, 0.6) is 0 Å². The minimum absolute atomic E-state index is 0.486. The van der Waals surface area contributed by atoms with Crippen molar-refractivity contribution >= 4 is 0 Å². The van der Waals surface area contributed by atoms with Crippen molar-refractivity contribution in [3.8, 4) is 0 Å². The average Bonchev–Trinajstić information content (AvgIpc) is 2.85. The van der Waals surface area contributed by atoms with Crippen LogP contribution in [0.1, 0.15) is 32.6 Å². The summed E-state index contributed by atoms with van der Waals surface area (Å²) < 4.78 is 5.48. The highest BCUT2D eigenvalue weighted by Crippen LogP contribution is 2.42. The monoisotopic (exact) mass is 247 g/mol. The van der Waals surface area contributed by atoms with Crippen LogP contribution >= 0.6 is 0 Å². The van der Waals surface area contributed by atoms with Gasteiger partial charge in [-0.3, -0.25) is 4.90 Å². The predicted octanol–water partition coefficient (Wildman–Crippen LogP) is 3.01. The van der Waals surface area contributed by atoms with Gasteiger partial charge < -0.3 is 4.74 Å². The Labute approximate surface area is 111 Å². The maximum atomic E-state index is 5.48. The first-order chi connectivity index (χ1) is 8.78. The third-order valence-corrected chi connectivity index (χ3v) is 5.12. The van der Waals surface area contributed by atoms with E-state index in [9.17, 15) is 0 Å². The molecule has 18 heavy (non-hydrogen) atoms. The van der Waals surface area contributed by atoms with Gasteiger partial charge in [0.15, 0.2) is 0 Å². The molecule has 2 fully saturated rings. The van der Waals surface area contributed by atoms with Crippen molar-refractivity contribution in [3.05, 3.63) is 24.3 Å². The van der Waals surface area contributed by atoms with Crippen molar-refractivity contribution < 1.29 is 4.74 Å². The molecule has 0 amide bonds. The van der Waals surface area contributed by atoms with E-state index in [2.05, 4.69) is 36.1 Å². The lowest BCUT2D eigenvalue weighted by atomic mass is 9.73. The van der Waals surface area contributed by atoms with Crippen molar-refractivity contribution in [2.24, 2.45) is 11.3 Å². The summed E-state index contributed by atoms with van der Waals surface area (Å²) >= 11 is 0. The molecule has 2 heterocycles. The van der Waals surface area contributed by atoms with Crippen molar-refractivity contribution in [1.82, 2.24) is 4.90 Å². The number of rotatable bonds is 2. The molecule has 0 radical (unpaired) electrons. The molecule has 2 heteroatoms. The Balaban J connectivity index is 1.62. The predicted molar refractivity (Wildman–Crippen MR) is 74.5 cm³/mol. The van der Waals surface area contributed by atoms with E-state index in [4.69, 9.17) is 4.74 Å². The Bertz CT molecular complexity index is 343. The molecule has 0 spiro atoms. The topological polar surface area (TPSA) is 12.5 Å². The van der Waals surface area contributed by atoms with E-state index >= 15 is 0 Å². The summed E-state index contributed by atoms with van der Waals surface area (Å²) in [5.74, 6) is 0.743. The maximum absolute atomic E-state index is 5.48. The summed E-state index contributed by atoms with van der Waals surface area (Å²) in [6.07, 6.45) is 14.2. The number of allylic oxidation sites excluding steroid dienone is 4. The lowest BCUT2D eigenvalue weighted by Crippen LogP contribution is -2.40. The highest BCUT2D eigenvalue weighted by Gasteiger charge is 2.41. The standard InChI is InChI=1S/C16H25NO/c1-16(14-5-3-2-4-6-14)9-10-17(13-16)15-7-11-18-12-8-15/h2-5,14-15H,6-13H2,1H3. The largest absolute Gasteiger partial charge is 0.381 e. The van der Waals surface area contributed by atoms with Gasteiger partial charge in [-0.2, -0.15) is 0 Å². The second-order valence-electron chi connectivity index (χ2n) is 6.37. The zero-order valence-electron chi connectivity index (χ0n) is 11.5. The number of nitrogens with zero attached hydrogens (tertiary/aromatic N) is 1. The van der Waals surface area contributed by atoms with Crippen molar-refractivity contribution in [2.45, 2.75) is 38.6 Å². The molecule has 0 aromatic rings. The zero-order valence-corrected chi connectivity index (χ0v) is 11.5. The molecular weight excluding hydrogens is 222 g/mol. The Hall–Kier alpha value is -0.600. The number of ether oxygens (including phenoxy) is 1. The molecule has 3 aliphatic rings. The minimum atomic E-state index is 0.486. The lowest BCUT2D eigenvalue weighted by Gasteiger charge is -2.36. The summed E-state index contributed by atoms with van der Waals surface area (Å²) in [6.45, 7) is 6.98. The second kappa shape index (κ2) is 5.18. The smallest absolute Gasteiger partial charge is 0.0480 e. The van der Waals surface area contributed by atoms with Gasteiger partial charge in [0.2, 0.25) is 0 Å². The van der Waals surface area contributed by atoms with Gasteiger partial charge in [0.25, 0.3) is 0 Å². The van der Waals surface area contributed by atoms with Gasteiger partial charge in [0.05, 0.1) is 0 Å². The molecule has 2 nitrogen and oxygen atoms in total. The molecule has 0 aromatic carbocycles. The second-order valence-corrected chi connectivity index (χ2v) is 6.37. The highest BCUT2D eigenvalue weighted by atomic mass is 16.5. The van der Waals surface area contributed by atoms with Gasteiger partial charge in [-0.1, -0.05) is 31.2 Å². The third-order valence-electron chi connectivity index (χ3n) is 5.12. The zero-order chi connectivity index (χ0) is 12.4. The van der Waals surface area contributed by atoms with Gasteiger partial charge in [-0.15, -0.1) is 0 Å². The summed E-state index contributed by atoms with van der Waals surface area (Å²) in [5.41, 5.74) is 0.486. The molecule has 2 aliphatic heterocycles. The van der Waals surface area contributed by atoms with Crippen LogP contribution in [0.3, 0.4) is 0 Å². The maximum Gasteiger partial charge on any atom is 0.0480 e. The normalized spacial score (nSPS) is 38.4. The highest BCUT2D eigenvalue weighted by molar-refractivity contribution is 5.15. The van der Waals surface area contributed by atoms with Crippen LogP contribution < -0.4 is 0 Å². The van der Waals surface area contributed by atoms with E-state index in [1.54, 1.807) is 0 Å². The fraction of sp³-hybridized carbons (Fsp3) is 0.750. The molecule has 3 rings (SSSR count). The van der Waals surface area contributed by atoms with E-state index in [-0.39, 0.29) is 0 Å². The van der Waals surface area contributed by atoms with Gasteiger partial charge in [0, 0.05) is 25.8 Å². The fourth-order valence-corrected chi connectivity index (χ4v) is 3.78. The van der Waals surface area contributed by atoms with Gasteiger partial charge >= 0.3 is 0 Å². The molecule has 100 valence electrons. The Morgan fingerprint density at radius 3 is 2.78 bits per heavy atom. The van der Waals surface area contributed by atoms with Crippen LogP contribution in [0.4, 0.5) is 0 Å². The van der Waals surface area contributed by atoms with Gasteiger partial charge in [-0.25, -0.2) is 0 Å². The van der Waals surface area contributed by atoms with E-state index in [0.29, 0.717) is 5.41 Å². The number of hydrogen-bond donors (Lipinski definition) is 0. The first-order valence-corrected chi connectivity index (χ1v) is 7.43. The van der Waals surface area contributed by atoms with Crippen LogP contribution in [0.25, 0.3) is 0 Å². The fourth-order valence-electron chi connectivity index (χ4n) is 3.78. The molecule has 1 aliphatic carbocycles. The molecule has 0 bridgehead atoms. The van der Waals surface area contributed by atoms with Gasteiger partial charge in [0.1, 0.15) is 0 Å². The molecule has 0 aromatic heterocycles. The molecular formula is C16H25NO. The van der Waals surface area contributed by atoms with E-state index in [1.165, 1.54) is 38.8 Å². The third kappa shape index (κ3) is 2.41. The van der Waals surface area contributed by atoms with E-state index in [1.807, 2.05) is 0 Å². The molecule has 0 saturated carbocycles. The van der Waals surface area contributed by atoms with Crippen molar-refractivity contribution in [3.63, 3.8) is 0 Å². The van der Waals surface area contributed by atoms with Crippen molar-refractivity contribution in [1.29, 1.82) is 0 Å². The summed E-state index contributed by atoms with van der Waals surface area (Å²) in [7, 11) is 0. The van der Waals surface area contributed by atoms with Crippen molar-refractivity contribution in [2.75, 3.05) is 26.3 Å². The Kier molecular flexibility index (Phi) is 3.58. The van der Waals surface area contributed by atoms with E-state index < -0.39 is 0 Å². The van der Waals surface area contributed by atoms with E-state index in [0.717, 1.165) is 25.2 Å². The molecule has 2 unspecified atom stereocenters. The molecule has 0 N–H and O–H groups in total. The Morgan fingerprint density at radius 1 is 1.22 bits per heavy atom. The number of likely N-dealkylation sites (tertiary alicyclic amines) is 1. The summed E-state index contributed by atoms with van der Waals surface area (Å²) in [4.78, 5) is 2.73. The van der Waals surface area contributed by atoms with Crippen LogP contribution in [0, 0.1) is 11.3 Å². The lowest BCUT2D eigenvalue weighted by molar-refractivity contribution is 0.0371. The number of hydrogen-bond acceptors (Lipinski definition) is 2. The first kappa shape index (κ1) is 12.4. The summed E-state index contributed by atoms with van der Waals surface area (Å²) in [6, 6.07) is 0.781. The molecule has 2 saturated heterocycles. The van der Waals surface area contributed by atoms with Crippen LogP contribution in [-0.4, -0.2) is 37.2 Å².